The third-order valence-corrected chi connectivity index (χ3v) is 5.90. The molecule has 1 fully saturated rings. The standard InChI is InChI=1S/C18H21BrN2O3/c1-11-17(19)14-4-2-3-5-15(14)21(11)10-16(22)20-13-8-6-12(7-9-13)18(23)24/h2-5,12-13H,6-10H2,1H3,(H,20,22)(H,23,24). The van der Waals surface area contributed by atoms with Gasteiger partial charge in [0.15, 0.2) is 0 Å². The first-order valence-electron chi connectivity index (χ1n) is 8.23. The summed E-state index contributed by atoms with van der Waals surface area (Å²) in [5.74, 6) is -1.01. The SMILES string of the molecule is Cc1c(Br)c2ccccc2n1CC(=O)NC1CCC(C(=O)O)CC1. The molecule has 1 aliphatic rings. The van der Waals surface area contributed by atoms with E-state index in [0.29, 0.717) is 12.8 Å². The average Bonchev–Trinajstić information content (AvgIpc) is 2.81. The van der Waals surface area contributed by atoms with Crippen molar-refractivity contribution in [1.82, 2.24) is 9.88 Å². The van der Waals surface area contributed by atoms with Crippen molar-refractivity contribution in [2.45, 2.75) is 45.2 Å². The zero-order valence-corrected chi connectivity index (χ0v) is 15.2. The van der Waals surface area contributed by atoms with Gasteiger partial charge >= 0.3 is 5.97 Å². The highest BCUT2D eigenvalue weighted by molar-refractivity contribution is 9.10. The summed E-state index contributed by atoms with van der Waals surface area (Å²) in [6.07, 6.45) is 2.74. The first kappa shape index (κ1) is 17.0. The van der Waals surface area contributed by atoms with Crippen molar-refractivity contribution in [1.29, 1.82) is 0 Å². The van der Waals surface area contributed by atoms with Crippen molar-refractivity contribution >= 4 is 38.7 Å². The Morgan fingerprint density at radius 1 is 1.25 bits per heavy atom. The van der Waals surface area contributed by atoms with E-state index in [1.165, 1.54) is 0 Å². The number of carbonyl (C=O) groups excluding carboxylic acids is 1. The molecule has 0 bridgehead atoms. The van der Waals surface area contributed by atoms with Crippen LogP contribution >= 0.6 is 15.9 Å². The Labute approximate surface area is 149 Å². The molecule has 0 unspecified atom stereocenters. The van der Waals surface area contributed by atoms with Crippen LogP contribution in [0.15, 0.2) is 28.7 Å². The van der Waals surface area contributed by atoms with Crippen molar-refractivity contribution in [3.05, 3.63) is 34.4 Å². The number of hydrogen-bond donors (Lipinski definition) is 2. The normalized spacial score (nSPS) is 20.9. The second-order valence-corrected chi connectivity index (χ2v) is 7.25. The van der Waals surface area contributed by atoms with Gasteiger partial charge in [0, 0.05) is 27.1 Å². The molecule has 2 aromatic rings. The summed E-state index contributed by atoms with van der Waals surface area (Å²) in [4.78, 5) is 23.4. The molecule has 1 aliphatic carbocycles. The topological polar surface area (TPSA) is 71.3 Å². The van der Waals surface area contributed by atoms with Crippen LogP contribution in [0.5, 0.6) is 0 Å². The summed E-state index contributed by atoms with van der Waals surface area (Å²) >= 11 is 3.60. The van der Waals surface area contributed by atoms with Gasteiger partial charge in [-0.05, 0) is 54.6 Å². The number of nitrogens with zero attached hydrogens (tertiary/aromatic N) is 1. The molecular weight excluding hydrogens is 372 g/mol. The van der Waals surface area contributed by atoms with Gasteiger partial charge in [-0.15, -0.1) is 0 Å². The summed E-state index contributed by atoms with van der Waals surface area (Å²) < 4.78 is 3.03. The van der Waals surface area contributed by atoms with Crippen LogP contribution in [0.25, 0.3) is 10.9 Å². The first-order valence-corrected chi connectivity index (χ1v) is 9.02. The number of para-hydroxylation sites is 1. The van der Waals surface area contributed by atoms with E-state index in [2.05, 4.69) is 21.2 Å². The van der Waals surface area contributed by atoms with Crippen LogP contribution in [0.4, 0.5) is 0 Å². The summed E-state index contributed by atoms with van der Waals surface area (Å²) in [7, 11) is 0. The average molecular weight is 393 g/mol. The van der Waals surface area contributed by atoms with Crippen molar-refractivity contribution in [3.63, 3.8) is 0 Å². The van der Waals surface area contributed by atoms with E-state index >= 15 is 0 Å². The number of rotatable bonds is 4. The summed E-state index contributed by atoms with van der Waals surface area (Å²) in [6, 6.07) is 8.08. The second-order valence-electron chi connectivity index (χ2n) is 6.46. The zero-order valence-electron chi connectivity index (χ0n) is 13.6. The number of carboxylic acid groups (broad SMARTS) is 1. The maximum atomic E-state index is 12.4. The Morgan fingerprint density at radius 2 is 1.92 bits per heavy atom. The Morgan fingerprint density at radius 3 is 2.58 bits per heavy atom. The number of nitrogens with one attached hydrogen (secondary N) is 1. The molecule has 2 N–H and O–H groups in total. The van der Waals surface area contributed by atoms with Crippen LogP contribution in [-0.2, 0) is 16.1 Å². The molecule has 5 nitrogen and oxygen atoms in total. The Kier molecular flexibility index (Phi) is 4.94. The van der Waals surface area contributed by atoms with E-state index in [4.69, 9.17) is 5.11 Å². The van der Waals surface area contributed by atoms with Crippen molar-refractivity contribution < 1.29 is 14.7 Å². The molecule has 1 heterocycles. The van der Waals surface area contributed by atoms with Crippen LogP contribution in [0.3, 0.4) is 0 Å². The third-order valence-electron chi connectivity index (χ3n) is 4.90. The number of aliphatic carboxylic acids is 1. The lowest BCUT2D eigenvalue weighted by molar-refractivity contribution is -0.142. The lowest BCUT2D eigenvalue weighted by atomic mass is 9.86. The molecule has 0 spiro atoms. The number of amides is 1. The molecule has 128 valence electrons. The Hall–Kier alpha value is -1.82. The third kappa shape index (κ3) is 3.34. The molecule has 1 aromatic carbocycles. The van der Waals surface area contributed by atoms with Gasteiger partial charge in [0.2, 0.25) is 5.91 Å². The quantitative estimate of drug-likeness (QED) is 0.836. The highest BCUT2D eigenvalue weighted by Gasteiger charge is 2.26. The van der Waals surface area contributed by atoms with Crippen molar-refractivity contribution in [3.8, 4) is 0 Å². The largest absolute Gasteiger partial charge is 0.481 e. The number of fused-ring (bicyclic) bond motifs is 1. The Bertz CT molecular complexity index is 776. The van der Waals surface area contributed by atoms with Crippen LogP contribution < -0.4 is 5.32 Å². The minimum Gasteiger partial charge on any atom is -0.481 e. The molecule has 0 saturated heterocycles. The highest BCUT2D eigenvalue weighted by Crippen LogP contribution is 2.30. The number of aromatic nitrogens is 1. The minimum atomic E-state index is -0.723. The van der Waals surface area contributed by atoms with Crippen molar-refractivity contribution in [2.24, 2.45) is 5.92 Å². The van der Waals surface area contributed by atoms with Gasteiger partial charge in [-0.25, -0.2) is 0 Å². The van der Waals surface area contributed by atoms with Crippen LogP contribution in [-0.4, -0.2) is 27.6 Å². The number of carbonyl (C=O) groups is 2. The van der Waals surface area contributed by atoms with E-state index in [-0.39, 0.29) is 24.4 Å². The number of hydrogen-bond acceptors (Lipinski definition) is 2. The lowest BCUT2D eigenvalue weighted by Crippen LogP contribution is -2.40. The fourth-order valence-corrected chi connectivity index (χ4v) is 4.04. The molecule has 3 rings (SSSR count). The second kappa shape index (κ2) is 6.97. The van der Waals surface area contributed by atoms with Crippen LogP contribution in [0, 0.1) is 12.8 Å². The van der Waals surface area contributed by atoms with E-state index in [9.17, 15) is 9.59 Å². The zero-order chi connectivity index (χ0) is 17.3. The van der Waals surface area contributed by atoms with Gasteiger partial charge in [0.25, 0.3) is 0 Å². The van der Waals surface area contributed by atoms with E-state index in [0.717, 1.165) is 33.9 Å². The number of carboxylic acids is 1. The summed E-state index contributed by atoms with van der Waals surface area (Å²) in [5, 5.41) is 13.2. The molecule has 1 saturated carbocycles. The predicted octanol–water partition coefficient (Wildman–Crippen LogP) is 3.47. The highest BCUT2D eigenvalue weighted by atomic mass is 79.9. The molecule has 0 atom stereocenters. The van der Waals surface area contributed by atoms with Crippen LogP contribution in [0.1, 0.15) is 31.4 Å². The number of halogens is 1. The molecule has 0 radical (unpaired) electrons. The van der Waals surface area contributed by atoms with Crippen molar-refractivity contribution in [2.75, 3.05) is 0 Å². The molecule has 1 amide bonds. The van der Waals surface area contributed by atoms with Gasteiger partial charge < -0.3 is 15.0 Å². The smallest absolute Gasteiger partial charge is 0.306 e. The van der Waals surface area contributed by atoms with E-state index < -0.39 is 5.97 Å². The molecular formula is C18H21BrN2O3. The van der Waals surface area contributed by atoms with Gasteiger partial charge in [0.05, 0.1) is 5.92 Å². The summed E-state index contributed by atoms with van der Waals surface area (Å²) in [5.41, 5.74) is 2.06. The fourth-order valence-electron chi connectivity index (χ4n) is 3.49. The minimum absolute atomic E-state index is 0.0230. The molecule has 0 aliphatic heterocycles. The predicted molar refractivity (Wildman–Crippen MR) is 95.9 cm³/mol. The lowest BCUT2D eigenvalue weighted by Gasteiger charge is -2.27. The Balaban J connectivity index is 1.66. The molecule has 6 heteroatoms. The van der Waals surface area contributed by atoms with Gasteiger partial charge in [-0.1, -0.05) is 18.2 Å². The number of benzene rings is 1. The first-order chi connectivity index (χ1) is 11.5. The fraction of sp³-hybridized carbons (Fsp3) is 0.444. The molecule has 24 heavy (non-hydrogen) atoms. The van der Waals surface area contributed by atoms with Gasteiger partial charge in [-0.2, -0.15) is 0 Å². The monoisotopic (exact) mass is 392 g/mol. The maximum absolute atomic E-state index is 12.4. The molecule has 1 aromatic heterocycles. The van der Waals surface area contributed by atoms with Gasteiger partial charge in [-0.3, -0.25) is 9.59 Å². The van der Waals surface area contributed by atoms with Crippen LogP contribution in [0.2, 0.25) is 0 Å². The van der Waals surface area contributed by atoms with Gasteiger partial charge in [0.1, 0.15) is 6.54 Å². The maximum Gasteiger partial charge on any atom is 0.306 e. The van der Waals surface area contributed by atoms with E-state index in [1.54, 1.807) is 0 Å². The van der Waals surface area contributed by atoms with E-state index in [1.807, 2.05) is 35.8 Å². The summed E-state index contributed by atoms with van der Waals surface area (Å²) in [6.45, 7) is 2.27.